The van der Waals surface area contributed by atoms with E-state index in [2.05, 4.69) is 10.6 Å². The van der Waals surface area contributed by atoms with Crippen LogP contribution in [0.3, 0.4) is 0 Å². The van der Waals surface area contributed by atoms with Crippen LogP contribution in [0.15, 0.2) is 66.7 Å². The molecule has 0 radical (unpaired) electrons. The smallest absolute Gasteiger partial charge is 0.408 e. The van der Waals surface area contributed by atoms with Gasteiger partial charge in [-0.05, 0) is 93.3 Å². The molecule has 10 nitrogen and oxygen atoms in total. The molecule has 2 unspecified atom stereocenters. The number of carbonyl (C=O) groups is 3. The Hall–Kier alpha value is -4.57. The number of nitrogens with one attached hydrogen (secondary N) is 2. The Morgan fingerprint density at radius 1 is 0.930 bits per heavy atom. The van der Waals surface area contributed by atoms with Gasteiger partial charge in [0.2, 0.25) is 5.91 Å². The van der Waals surface area contributed by atoms with E-state index in [0.717, 1.165) is 11.1 Å². The Morgan fingerprint density at radius 3 is 2.07 bits per heavy atom. The van der Waals surface area contributed by atoms with E-state index in [-0.39, 0.29) is 18.7 Å². The van der Waals surface area contributed by atoms with E-state index in [4.69, 9.17) is 9.47 Å². The summed E-state index contributed by atoms with van der Waals surface area (Å²) in [4.78, 5) is 42.6. The molecule has 3 aromatic rings. The number of alkyl carbamates (subject to hydrolysis) is 1. The number of amides is 3. The van der Waals surface area contributed by atoms with Gasteiger partial charge in [0.25, 0.3) is 5.91 Å². The highest BCUT2D eigenvalue weighted by molar-refractivity contribution is 5.99. The van der Waals surface area contributed by atoms with Gasteiger partial charge < -0.3 is 35.2 Å². The van der Waals surface area contributed by atoms with Crippen LogP contribution in [0.25, 0.3) is 0 Å². The zero-order valence-corrected chi connectivity index (χ0v) is 25.5. The minimum absolute atomic E-state index is 0.0415. The maximum Gasteiger partial charge on any atom is 0.408 e. The van der Waals surface area contributed by atoms with Gasteiger partial charge in [-0.1, -0.05) is 30.3 Å². The highest BCUT2D eigenvalue weighted by Gasteiger charge is 2.37. The van der Waals surface area contributed by atoms with E-state index in [1.807, 2.05) is 32.0 Å². The van der Waals surface area contributed by atoms with Crippen LogP contribution in [0.1, 0.15) is 49.1 Å². The van der Waals surface area contributed by atoms with Crippen molar-refractivity contribution < 1.29 is 34.1 Å². The normalized spacial score (nSPS) is 12.5. The van der Waals surface area contributed by atoms with Crippen LogP contribution in [-0.4, -0.2) is 64.9 Å². The number of aliphatic hydroxyl groups excluding tert-OH is 1. The molecule has 0 fully saturated rings. The Kier molecular flexibility index (Phi) is 11.1. The molecule has 0 saturated heterocycles. The quantitative estimate of drug-likeness (QED) is 0.255. The van der Waals surface area contributed by atoms with E-state index in [1.54, 1.807) is 64.3 Å². The molecule has 0 bridgehead atoms. The Labute approximate surface area is 252 Å². The highest BCUT2D eigenvalue weighted by atomic mass is 16.6. The number of ether oxygens (including phenoxy) is 2. The summed E-state index contributed by atoms with van der Waals surface area (Å²) in [7, 11) is 1.54. The second-order valence-electron chi connectivity index (χ2n) is 11.3. The van der Waals surface area contributed by atoms with Gasteiger partial charge in [-0.25, -0.2) is 4.79 Å². The summed E-state index contributed by atoms with van der Waals surface area (Å²) in [5.41, 5.74) is 2.49. The number of methoxy groups -OCH3 is 1. The number of phenolic OH excluding ortho intramolecular Hbond substituents is 1. The van der Waals surface area contributed by atoms with Crippen molar-refractivity contribution >= 4 is 23.6 Å². The average Bonchev–Trinajstić information content (AvgIpc) is 2.94. The molecule has 0 saturated carbocycles. The van der Waals surface area contributed by atoms with Crippen LogP contribution < -0.4 is 15.4 Å². The maximum atomic E-state index is 14.4. The van der Waals surface area contributed by atoms with Crippen LogP contribution in [0.2, 0.25) is 0 Å². The molecule has 0 aliphatic heterocycles. The van der Waals surface area contributed by atoms with Crippen molar-refractivity contribution in [2.75, 3.05) is 25.6 Å². The maximum absolute atomic E-state index is 14.4. The molecule has 230 valence electrons. The number of aromatic hydroxyl groups is 1. The summed E-state index contributed by atoms with van der Waals surface area (Å²) in [6, 6.07) is 16.3. The number of anilines is 1. The van der Waals surface area contributed by atoms with Crippen molar-refractivity contribution in [1.29, 1.82) is 0 Å². The molecule has 3 aromatic carbocycles. The molecule has 10 heteroatoms. The van der Waals surface area contributed by atoms with Crippen LogP contribution in [0.5, 0.6) is 11.5 Å². The molecule has 2 atom stereocenters. The van der Waals surface area contributed by atoms with Crippen molar-refractivity contribution in [3.8, 4) is 11.5 Å². The van der Waals surface area contributed by atoms with Gasteiger partial charge in [0.1, 0.15) is 29.2 Å². The summed E-state index contributed by atoms with van der Waals surface area (Å²) >= 11 is 0. The number of nitrogens with zero attached hydrogens (tertiary/aromatic N) is 1. The Morgan fingerprint density at radius 2 is 1.53 bits per heavy atom. The predicted molar refractivity (Wildman–Crippen MR) is 164 cm³/mol. The first-order valence-electron chi connectivity index (χ1n) is 14.0. The van der Waals surface area contributed by atoms with Gasteiger partial charge >= 0.3 is 6.09 Å². The van der Waals surface area contributed by atoms with Crippen LogP contribution in [0, 0.1) is 13.8 Å². The molecule has 4 N–H and O–H groups in total. The molecule has 0 aromatic heterocycles. The number of benzene rings is 3. The molecular weight excluding hydrogens is 550 g/mol. The summed E-state index contributed by atoms with van der Waals surface area (Å²) in [6.45, 7) is 8.22. The highest BCUT2D eigenvalue weighted by Crippen LogP contribution is 2.30. The van der Waals surface area contributed by atoms with E-state index < -0.39 is 42.2 Å². The molecule has 43 heavy (non-hydrogen) atoms. The number of hydrogen-bond donors (Lipinski definition) is 4. The summed E-state index contributed by atoms with van der Waals surface area (Å²) in [5, 5.41) is 25.4. The lowest BCUT2D eigenvalue weighted by Crippen LogP contribution is -2.54. The van der Waals surface area contributed by atoms with E-state index in [1.165, 1.54) is 17.0 Å². The first-order valence-corrected chi connectivity index (χ1v) is 14.0. The number of carbonyl (C=O) groups excluding carboxylic acids is 3. The first kappa shape index (κ1) is 32.9. The molecule has 3 amide bonds. The number of aliphatic hydroxyl groups is 1. The third-order valence-corrected chi connectivity index (χ3v) is 6.72. The molecule has 0 spiro atoms. The lowest BCUT2D eigenvalue weighted by atomic mass is 9.93. The Balaban J connectivity index is 2.08. The molecule has 0 heterocycles. The first-order chi connectivity index (χ1) is 20.3. The zero-order chi connectivity index (χ0) is 31.7. The molecule has 0 aliphatic carbocycles. The van der Waals surface area contributed by atoms with Crippen molar-refractivity contribution in [3.63, 3.8) is 0 Å². The van der Waals surface area contributed by atoms with Crippen molar-refractivity contribution in [3.05, 3.63) is 89.0 Å². The minimum atomic E-state index is -1.16. The van der Waals surface area contributed by atoms with Crippen LogP contribution >= 0.6 is 0 Å². The molecule has 0 aliphatic rings. The predicted octanol–water partition coefficient (Wildman–Crippen LogP) is 4.65. The average molecular weight is 592 g/mol. The zero-order valence-electron chi connectivity index (χ0n) is 25.5. The fourth-order valence-electron chi connectivity index (χ4n) is 4.76. The largest absolute Gasteiger partial charge is 0.508 e. The molecule has 3 rings (SSSR count). The van der Waals surface area contributed by atoms with Crippen molar-refractivity contribution in [1.82, 2.24) is 10.2 Å². The summed E-state index contributed by atoms with van der Waals surface area (Å²) in [5.74, 6) is -0.416. The van der Waals surface area contributed by atoms with Crippen LogP contribution in [-0.2, 0) is 20.7 Å². The lowest BCUT2D eigenvalue weighted by Gasteiger charge is -2.35. The van der Waals surface area contributed by atoms with Gasteiger partial charge in [-0.3, -0.25) is 9.59 Å². The van der Waals surface area contributed by atoms with Gasteiger partial charge in [-0.15, -0.1) is 0 Å². The summed E-state index contributed by atoms with van der Waals surface area (Å²) < 4.78 is 10.7. The van der Waals surface area contributed by atoms with Gasteiger partial charge in [0, 0.05) is 18.7 Å². The monoisotopic (exact) mass is 591 g/mol. The van der Waals surface area contributed by atoms with Gasteiger partial charge in [0.05, 0.1) is 13.7 Å². The standard InChI is InChI=1S/C33H41N3O7/c1-21-8-7-9-22(2)28(21)29(30(39)34-24-12-16-26(42-6)17-13-24)36(18-19-37)31(40)27(35-32(41)43-33(3,4)5)20-23-10-14-25(38)15-11-23/h7-17,27,29,37-38H,18-20H2,1-6H3,(H,34,39)(H,35,41). The minimum Gasteiger partial charge on any atom is -0.508 e. The topological polar surface area (TPSA) is 137 Å². The number of phenols is 1. The van der Waals surface area contributed by atoms with Crippen molar-refractivity contribution in [2.24, 2.45) is 0 Å². The third-order valence-electron chi connectivity index (χ3n) is 6.72. The van der Waals surface area contributed by atoms with E-state index in [9.17, 15) is 24.6 Å². The number of rotatable bonds is 11. The van der Waals surface area contributed by atoms with Crippen LogP contribution in [0.4, 0.5) is 10.5 Å². The SMILES string of the molecule is COc1ccc(NC(=O)C(c2c(C)cccc2C)N(CCO)C(=O)C(Cc2ccc(O)cc2)NC(=O)OC(C)(C)C)cc1. The van der Waals surface area contributed by atoms with Crippen molar-refractivity contribution in [2.45, 2.75) is 58.7 Å². The van der Waals surface area contributed by atoms with E-state index in [0.29, 0.717) is 22.6 Å². The number of hydrogen-bond acceptors (Lipinski definition) is 7. The molecular formula is C33H41N3O7. The van der Waals surface area contributed by atoms with E-state index >= 15 is 0 Å². The summed E-state index contributed by atoms with van der Waals surface area (Å²) in [6.07, 6.45) is -0.764. The van der Waals surface area contributed by atoms with Gasteiger partial charge in [0.15, 0.2) is 0 Å². The second kappa shape index (κ2) is 14.6. The Bertz CT molecular complexity index is 1380. The number of aryl methyl sites for hydroxylation is 2. The second-order valence-corrected chi connectivity index (χ2v) is 11.3. The van der Waals surface area contributed by atoms with Gasteiger partial charge in [-0.2, -0.15) is 0 Å². The fraction of sp³-hybridized carbons (Fsp3) is 0.364. The lowest BCUT2D eigenvalue weighted by molar-refractivity contribution is -0.141. The fourth-order valence-corrected chi connectivity index (χ4v) is 4.76. The third kappa shape index (κ3) is 9.21.